The monoisotopic (exact) mass is 289 g/mol. The zero-order valence-corrected chi connectivity index (χ0v) is 11.5. The van der Waals surface area contributed by atoms with Gasteiger partial charge in [0.05, 0.1) is 5.25 Å². The van der Waals surface area contributed by atoms with Gasteiger partial charge in [-0.2, -0.15) is 0 Å². The molecule has 2 atom stereocenters. The Hall–Kier alpha value is -1.01. The van der Waals surface area contributed by atoms with Gasteiger partial charge in [0, 0.05) is 6.04 Å². The molecule has 0 radical (unpaired) electrons. The molecule has 1 fully saturated rings. The maximum atomic E-state index is 13.7. The van der Waals surface area contributed by atoms with Gasteiger partial charge in [-0.05, 0) is 38.1 Å². The van der Waals surface area contributed by atoms with Crippen LogP contribution in [0.5, 0.6) is 0 Å². The van der Waals surface area contributed by atoms with Crippen LogP contribution in [-0.4, -0.2) is 26.8 Å². The lowest BCUT2D eigenvalue weighted by atomic mass is 9.95. The van der Waals surface area contributed by atoms with Crippen LogP contribution >= 0.6 is 0 Å². The van der Waals surface area contributed by atoms with E-state index in [9.17, 15) is 17.2 Å². The van der Waals surface area contributed by atoms with Crippen LogP contribution in [0.2, 0.25) is 0 Å². The summed E-state index contributed by atoms with van der Waals surface area (Å²) in [6, 6.07) is 2.34. The van der Waals surface area contributed by atoms with Crippen LogP contribution in [0.3, 0.4) is 0 Å². The van der Waals surface area contributed by atoms with Crippen molar-refractivity contribution in [2.75, 3.05) is 7.05 Å². The van der Waals surface area contributed by atoms with Gasteiger partial charge >= 0.3 is 0 Å². The van der Waals surface area contributed by atoms with Crippen molar-refractivity contribution in [3.05, 3.63) is 29.8 Å². The summed E-state index contributed by atoms with van der Waals surface area (Å²) in [5.41, 5.74) is 0. The van der Waals surface area contributed by atoms with Crippen LogP contribution in [0, 0.1) is 11.6 Å². The van der Waals surface area contributed by atoms with E-state index in [1.54, 1.807) is 7.05 Å². The van der Waals surface area contributed by atoms with Crippen LogP contribution in [0.15, 0.2) is 23.1 Å². The number of hydrogen-bond acceptors (Lipinski definition) is 3. The fourth-order valence-electron chi connectivity index (χ4n) is 2.66. The van der Waals surface area contributed by atoms with Gasteiger partial charge in [0.15, 0.2) is 9.84 Å². The fraction of sp³-hybridized carbons (Fsp3) is 0.538. The normalized spacial score (nSPS) is 24.4. The molecule has 19 heavy (non-hydrogen) atoms. The van der Waals surface area contributed by atoms with Crippen molar-refractivity contribution in [1.82, 2.24) is 5.32 Å². The third-order valence-electron chi connectivity index (χ3n) is 3.67. The molecule has 1 aromatic carbocycles. The predicted molar refractivity (Wildman–Crippen MR) is 68.6 cm³/mol. The number of rotatable bonds is 3. The van der Waals surface area contributed by atoms with Crippen LogP contribution in [0.1, 0.15) is 25.7 Å². The maximum absolute atomic E-state index is 13.7. The first-order valence-corrected chi connectivity index (χ1v) is 7.87. The Bertz CT molecular complexity index is 560. The molecule has 3 nitrogen and oxygen atoms in total. The highest BCUT2D eigenvalue weighted by atomic mass is 32.2. The van der Waals surface area contributed by atoms with Crippen molar-refractivity contribution in [2.45, 2.75) is 41.9 Å². The molecular weight excluding hydrogens is 272 g/mol. The highest BCUT2D eigenvalue weighted by molar-refractivity contribution is 7.92. The van der Waals surface area contributed by atoms with Crippen molar-refractivity contribution in [3.63, 3.8) is 0 Å². The van der Waals surface area contributed by atoms with Crippen LogP contribution in [0.25, 0.3) is 0 Å². The van der Waals surface area contributed by atoms with E-state index in [0.29, 0.717) is 6.42 Å². The number of benzene rings is 1. The maximum Gasteiger partial charge on any atom is 0.185 e. The standard InChI is InChI=1S/C13H17F2NO2S/c1-16-11-4-2-3-5-12(11)19(17,18)13-8-9(14)6-7-10(13)15/h6-8,11-12,16H,2-5H2,1H3. The zero-order chi connectivity index (χ0) is 14.0. The summed E-state index contributed by atoms with van der Waals surface area (Å²) in [4.78, 5) is -0.528. The number of nitrogens with one attached hydrogen (secondary N) is 1. The van der Waals surface area contributed by atoms with Crippen LogP contribution in [0.4, 0.5) is 8.78 Å². The van der Waals surface area contributed by atoms with Gasteiger partial charge in [0.2, 0.25) is 0 Å². The Balaban J connectivity index is 2.43. The van der Waals surface area contributed by atoms with Crippen molar-refractivity contribution in [3.8, 4) is 0 Å². The number of halogens is 2. The third-order valence-corrected chi connectivity index (χ3v) is 5.96. The third kappa shape index (κ3) is 2.79. The molecule has 0 heterocycles. The minimum atomic E-state index is -3.85. The Kier molecular flexibility index (Phi) is 4.20. The lowest BCUT2D eigenvalue weighted by Crippen LogP contribution is -2.44. The van der Waals surface area contributed by atoms with E-state index < -0.39 is 31.6 Å². The summed E-state index contributed by atoms with van der Waals surface area (Å²) in [6.45, 7) is 0. The molecule has 0 aliphatic heterocycles. The molecule has 2 rings (SSSR count). The molecule has 2 unspecified atom stereocenters. The minimum Gasteiger partial charge on any atom is -0.316 e. The molecular formula is C13H17F2NO2S. The molecule has 1 aliphatic carbocycles. The number of sulfone groups is 1. The largest absolute Gasteiger partial charge is 0.316 e. The second-order valence-corrected chi connectivity index (χ2v) is 6.97. The van der Waals surface area contributed by atoms with E-state index in [0.717, 1.165) is 37.5 Å². The second kappa shape index (κ2) is 5.54. The Morgan fingerprint density at radius 2 is 1.89 bits per heavy atom. The minimum absolute atomic E-state index is 0.207. The Morgan fingerprint density at radius 3 is 2.58 bits per heavy atom. The van der Waals surface area contributed by atoms with Gasteiger partial charge in [-0.3, -0.25) is 0 Å². The van der Waals surface area contributed by atoms with Gasteiger partial charge in [0.1, 0.15) is 16.5 Å². The molecule has 1 saturated carbocycles. The fourth-order valence-corrected chi connectivity index (χ4v) is 4.78. The smallest absolute Gasteiger partial charge is 0.185 e. The van der Waals surface area contributed by atoms with E-state index in [2.05, 4.69) is 5.32 Å². The summed E-state index contributed by atoms with van der Waals surface area (Å²) in [7, 11) is -2.16. The summed E-state index contributed by atoms with van der Waals surface area (Å²) >= 11 is 0. The summed E-state index contributed by atoms with van der Waals surface area (Å²) in [5.74, 6) is -1.63. The zero-order valence-electron chi connectivity index (χ0n) is 10.7. The molecule has 0 amide bonds. The highest BCUT2D eigenvalue weighted by Gasteiger charge is 2.37. The molecule has 0 spiro atoms. The van der Waals surface area contributed by atoms with Gasteiger partial charge in [-0.1, -0.05) is 12.8 Å². The summed E-state index contributed by atoms with van der Waals surface area (Å²) in [6.07, 6.45) is 2.95. The first-order valence-electron chi connectivity index (χ1n) is 6.33. The van der Waals surface area contributed by atoms with Gasteiger partial charge < -0.3 is 5.32 Å². The average Bonchev–Trinajstić information content (AvgIpc) is 2.41. The molecule has 0 aromatic heterocycles. The lowest BCUT2D eigenvalue weighted by molar-refractivity contribution is 0.388. The highest BCUT2D eigenvalue weighted by Crippen LogP contribution is 2.30. The van der Waals surface area contributed by atoms with E-state index in [1.807, 2.05) is 0 Å². The molecule has 0 saturated heterocycles. The van der Waals surface area contributed by atoms with Gasteiger partial charge in [0.25, 0.3) is 0 Å². The quantitative estimate of drug-likeness (QED) is 0.928. The van der Waals surface area contributed by atoms with Crippen LogP contribution in [-0.2, 0) is 9.84 Å². The summed E-state index contributed by atoms with van der Waals surface area (Å²) < 4.78 is 51.8. The van der Waals surface area contributed by atoms with Gasteiger partial charge in [-0.15, -0.1) is 0 Å². The van der Waals surface area contributed by atoms with Gasteiger partial charge in [-0.25, -0.2) is 17.2 Å². The average molecular weight is 289 g/mol. The molecule has 1 N–H and O–H groups in total. The Labute approximate surface area is 111 Å². The second-order valence-electron chi connectivity index (χ2n) is 4.84. The van der Waals surface area contributed by atoms with Crippen molar-refractivity contribution >= 4 is 9.84 Å². The van der Waals surface area contributed by atoms with Crippen molar-refractivity contribution in [1.29, 1.82) is 0 Å². The van der Waals surface area contributed by atoms with E-state index >= 15 is 0 Å². The first kappa shape index (κ1) is 14.4. The molecule has 6 heteroatoms. The number of hydrogen-bond donors (Lipinski definition) is 1. The van der Waals surface area contributed by atoms with E-state index in [4.69, 9.17) is 0 Å². The van der Waals surface area contributed by atoms with Crippen molar-refractivity contribution < 1.29 is 17.2 Å². The summed E-state index contributed by atoms with van der Waals surface area (Å²) in [5, 5.41) is 2.28. The van der Waals surface area contributed by atoms with Crippen molar-refractivity contribution in [2.24, 2.45) is 0 Å². The van der Waals surface area contributed by atoms with E-state index in [1.165, 1.54) is 0 Å². The van der Waals surface area contributed by atoms with Crippen LogP contribution < -0.4 is 5.32 Å². The Morgan fingerprint density at radius 1 is 1.21 bits per heavy atom. The molecule has 1 aliphatic rings. The first-order chi connectivity index (χ1) is 8.96. The molecule has 0 bridgehead atoms. The van der Waals surface area contributed by atoms with E-state index in [-0.39, 0.29) is 6.04 Å². The topological polar surface area (TPSA) is 46.2 Å². The predicted octanol–water partition coefficient (Wildman–Crippen LogP) is 2.27. The molecule has 1 aromatic rings. The lowest BCUT2D eigenvalue weighted by Gasteiger charge is -2.30. The SMILES string of the molecule is CNC1CCCCC1S(=O)(=O)c1cc(F)ccc1F. The molecule has 106 valence electrons.